The number of rotatable bonds is 0. The van der Waals surface area contributed by atoms with E-state index in [-0.39, 0.29) is 40.4 Å². The summed E-state index contributed by atoms with van der Waals surface area (Å²) in [5, 5.41) is 9.99. The minimum absolute atomic E-state index is 0. The van der Waals surface area contributed by atoms with Crippen molar-refractivity contribution in [2.45, 2.75) is 52.4 Å². The van der Waals surface area contributed by atoms with E-state index in [1.807, 2.05) is 6.07 Å². The number of phenolic OH excluding ortho intramolecular Hbond substituents is 1. The molecule has 1 rings (SSSR count). The molecule has 1 radical (unpaired) electrons. The molecule has 0 heterocycles. The van der Waals surface area contributed by atoms with Gasteiger partial charge in [0, 0.05) is 35.1 Å². The fourth-order valence-corrected chi connectivity index (χ4v) is 1.95. The van der Waals surface area contributed by atoms with Gasteiger partial charge in [-0.2, -0.15) is 0 Å². The van der Waals surface area contributed by atoms with Gasteiger partial charge in [0.2, 0.25) is 0 Å². The standard InChI is InChI=1S/C14H22O.Na/c1-13(2,3)10-8-7-9-11(15)12(10)14(4,5)6;/h7-9,15H,1-6H3;. The summed E-state index contributed by atoms with van der Waals surface area (Å²) >= 11 is 0. The number of phenols is 1. The Balaban J connectivity index is 0.00000225. The van der Waals surface area contributed by atoms with Crippen molar-refractivity contribution >= 4 is 29.6 Å². The van der Waals surface area contributed by atoms with Crippen LogP contribution in [0.3, 0.4) is 0 Å². The van der Waals surface area contributed by atoms with Crippen molar-refractivity contribution in [2.24, 2.45) is 0 Å². The maximum atomic E-state index is 9.99. The van der Waals surface area contributed by atoms with Gasteiger partial charge < -0.3 is 5.11 Å². The van der Waals surface area contributed by atoms with Crippen LogP contribution in [0.2, 0.25) is 0 Å². The SMILES string of the molecule is CC(C)(C)c1cccc(O)c1C(C)(C)C.[Na]. The molecular weight excluding hydrogens is 207 g/mol. The van der Waals surface area contributed by atoms with Crippen LogP contribution in [0.1, 0.15) is 52.7 Å². The molecule has 0 fully saturated rings. The molecule has 1 aromatic rings. The molecule has 0 unspecified atom stereocenters. The molecule has 0 aliphatic carbocycles. The van der Waals surface area contributed by atoms with Gasteiger partial charge in [-0.3, -0.25) is 0 Å². The summed E-state index contributed by atoms with van der Waals surface area (Å²) in [4.78, 5) is 0. The average molecular weight is 229 g/mol. The van der Waals surface area contributed by atoms with Crippen molar-refractivity contribution < 1.29 is 5.11 Å². The molecule has 0 aromatic heterocycles. The van der Waals surface area contributed by atoms with E-state index in [0.29, 0.717) is 5.75 Å². The normalized spacial score (nSPS) is 12.1. The van der Waals surface area contributed by atoms with Crippen molar-refractivity contribution in [3.05, 3.63) is 29.3 Å². The topological polar surface area (TPSA) is 20.2 Å². The van der Waals surface area contributed by atoms with Crippen LogP contribution in [0.4, 0.5) is 0 Å². The van der Waals surface area contributed by atoms with Gasteiger partial charge in [0.25, 0.3) is 0 Å². The van der Waals surface area contributed by atoms with Crippen LogP contribution in [0.5, 0.6) is 5.75 Å². The third-order valence-electron chi connectivity index (χ3n) is 2.60. The smallest absolute Gasteiger partial charge is 0.119 e. The summed E-state index contributed by atoms with van der Waals surface area (Å²) in [7, 11) is 0. The van der Waals surface area contributed by atoms with Crippen molar-refractivity contribution in [1.29, 1.82) is 0 Å². The Bertz CT molecular complexity index is 356. The summed E-state index contributed by atoms with van der Waals surface area (Å²) in [5.41, 5.74) is 2.35. The zero-order valence-corrected chi connectivity index (χ0v) is 13.7. The van der Waals surface area contributed by atoms with Crippen molar-refractivity contribution in [1.82, 2.24) is 0 Å². The van der Waals surface area contributed by atoms with Crippen LogP contribution in [0.25, 0.3) is 0 Å². The third kappa shape index (κ3) is 3.51. The Morgan fingerprint density at radius 3 is 1.69 bits per heavy atom. The van der Waals surface area contributed by atoms with Crippen LogP contribution in [-0.2, 0) is 10.8 Å². The zero-order valence-electron chi connectivity index (χ0n) is 11.7. The van der Waals surface area contributed by atoms with Crippen LogP contribution in [0.15, 0.2) is 18.2 Å². The Labute approximate surface area is 122 Å². The molecule has 0 aliphatic rings. The molecule has 0 spiro atoms. The van der Waals surface area contributed by atoms with E-state index in [2.05, 4.69) is 47.6 Å². The number of aromatic hydroxyl groups is 1. The van der Waals surface area contributed by atoms with E-state index in [1.54, 1.807) is 6.07 Å². The molecule has 0 aliphatic heterocycles. The van der Waals surface area contributed by atoms with E-state index >= 15 is 0 Å². The molecule has 0 saturated carbocycles. The van der Waals surface area contributed by atoms with E-state index in [4.69, 9.17) is 0 Å². The molecule has 0 saturated heterocycles. The molecule has 0 bridgehead atoms. The monoisotopic (exact) mass is 229 g/mol. The Hall–Kier alpha value is 0.0200. The second-order valence-electron chi connectivity index (χ2n) is 6.20. The molecule has 0 atom stereocenters. The quantitative estimate of drug-likeness (QED) is 0.674. The maximum absolute atomic E-state index is 9.99. The molecular formula is C14H22NaO. The van der Waals surface area contributed by atoms with E-state index in [0.717, 1.165) is 5.56 Å². The summed E-state index contributed by atoms with van der Waals surface area (Å²) in [6.07, 6.45) is 0. The largest absolute Gasteiger partial charge is 0.508 e. The molecule has 1 N–H and O–H groups in total. The Morgan fingerprint density at radius 2 is 1.38 bits per heavy atom. The van der Waals surface area contributed by atoms with Crippen LogP contribution in [0, 0.1) is 0 Å². The first kappa shape index (κ1) is 16.0. The summed E-state index contributed by atoms with van der Waals surface area (Å²) in [6, 6.07) is 5.81. The van der Waals surface area contributed by atoms with E-state index < -0.39 is 0 Å². The predicted molar refractivity (Wildman–Crippen MR) is 71.3 cm³/mol. The van der Waals surface area contributed by atoms with Gasteiger partial charge in [-0.25, -0.2) is 0 Å². The molecule has 16 heavy (non-hydrogen) atoms. The summed E-state index contributed by atoms with van der Waals surface area (Å²) in [6.45, 7) is 12.9. The molecule has 1 nitrogen and oxygen atoms in total. The van der Waals surface area contributed by atoms with Gasteiger partial charge in [-0.15, -0.1) is 0 Å². The number of hydrogen-bond donors (Lipinski definition) is 1. The first-order valence-electron chi connectivity index (χ1n) is 5.47. The van der Waals surface area contributed by atoms with Crippen molar-refractivity contribution in [2.75, 3.05) is 0 Å². The Kier molecular flexibility index (Phi) is 5.12. The fraction of sp³-hybridized carbons (Fsp3) is 0.571. The predicted octanol–water partition coefficient (Wildman–Crippen LogP) is 3.61. The zero-order chi connectivity index (χ0) is 11.9. The molecule has 0 amide bonds. The van der Waals surface area contributed by atoms with Crippen LogP contribution in [-0.4, -0.2) is 34.7 Å². The minimum atomic E-state index is -0.0199. The van der Waals surface area contributed by atoms with Crippen LogP contribution >= 0.6 is 0 Å². The van der Waals surface area contributed by atoms with E-state index in [9.17, 15) is 5.11 Å². The van der Waals surface area contributed by atoms with Gasteiger partial charge >= 0.3 is 0 Å². The van der Waals surface area contributed by atoms with Gasteiger partial charge in [0.1, 0.15) is 5.75 Å². The third-order valence-corrected chi connectivity index (χ3v) is 2.60. The second-order valence-corrected chi connectivity index (χ2v) is 6.20. The second kappa shape index (κ2) is 5.12. The van der Waals surface area contributed by atoms with Gasteiger partial charge in [0.15, 0.2) is 0 Å². The minimum Gasteiger partial charge on any atom is -0.508 e. The first-order valence-corrected chi connectivity index (χ1v) is 5.47. The van der Waals surface area contributed by atoms with Crippen molar-refractivity contribution in [3.63, 3.8) is 0 Å². The van der Waals surface area contributed by atoms with Gasteiger partial charge in [0.05, 0.1) is 0 Å². The molecule has 2 heteroatoms. The summed E-state index contributed by atoms with van der Waals surface area (Å²) in [5.74, 6) is 0.412. The number of benzene rings is 1. The summed E-state index contributed by atoms with van der Waals surface area (Å²) < 4.78 is 0. The Morgan fingerprint density at radius 1 is 0.875 bits per heavy atom. The van der Waals surface area contributed by atoms with Crippen molar-refractivity contribution in [3.8, 4) is 5.75 Å². The van der Waals surface area contributed by atoms with Gasteiger partial charge in [-0.05, 0) is 22.5 Å². The fourth-order valence-electron chi connectivity index (χ4n) is 1.95. The molecule has 85 valence electrons. The average Bonchev–Trinajstić information content (AvgIpc) is 1.99. The molecule has 1 aromatic carbocycles. The van der Waals surface area contributed by atoms with Crippen LogP contribution < -0.4 is 0 Å². The maximum Gasteiger partial charge on any atom is 0.119 e. The van der Waals surface area contributed by atoms with Gasteiger partial charge in [-0.1, -0.05) is 53.7 Å². The number of hydrogen-bond acceptors (Lipinski definition) is 1. The first-order chi connectivity index (χ1) is 6.64. The van der Waals surface area contributed by atoms with E-state index in [1.165, 1.54) is 5.56 Å².